The Kier molecular flexibility index (Phi) is 3.43. The van der Waals surface area contributed by atoms with Crippen molar-refractivity contribution in [2.75, 3.05) is 0 Å². The molecule has 2 aromatic rings. The maximum Gasteiger partial charge on any atom is 0.267 e. The number of aryl methyl sites for hydroxylation is 3. The van der Waals surface area contributed by atoms with Crippen molar-refractivity contribution in [1.82, 2.24) is 9.78 Å². The molecule has 4 nitrogen and oxygen atoms in total. The van der Waals surface area contributed by atoms with Gasteiger partial charge in [-0.2, -0.15) is 5.10 Å². The van der Waals surface area contributed by atoms with Crippen LogP contribution in [0.1, 0.15) is 25.7 Å². The number of nitrogens with zero attached hydrogens (tertiary/aromatic N) is 2. The third-order valence-corrected chi connectivity index (χ3v) is 3.61. The Morgan fingerprint density at radius 2 is 2.06 bits per heavy atom. The van der Waals surface area contributed by atoms with Gasteiger partial charge in [-0.05, 0) is 32.4 Å². The fraction of sp³-hybridized carbons (Fsp3) is 0.308. The zero-order valence-corrected chi connectivity index (χ0v) is 11.4. The lowest BCUT2D eigenvalue weighted by Crippen LogP contribution is -2.26. The second-order valence-electron chi connectivity index (χ2n) is 4.28. The third kappa shape index (κ3) is 2.56. The van der Waals surface area contributed by atoms with Crippen LogP contribution < -0.4 is 5.56 Å². The molecule has 18 heavy (non-hydrogen) atoms. The van der Waals surface area contributed by atoms with Crippen LogP contribution in [0.2, 0.25) is 0 Å². The van der Waals surface area contributed by atoms with Crippen LogP contribution >= 0.6 is 11.3 Å². The molecule has 0 unspecified atom stereocenters. The Balaban J connectivity index is 2.27. The van der Waals surface area contributed by atoms with Gasteiger partial charge in [-0.25, -0.2) is 4.68 Å². The molecule has 0 aliphatic rings. The molecule has 0 N–H and O–H groups in total. The molecule has 0 amide bonds. The van der Waals surface area contributed by atoms with Gasteiger partial charge in [0.2, 0.25) is 0 Å². The summed E-state index contributed by atoms with van der Waals surface area (Å²) in [5.41, 5.74) is 1.24. The number of ketones is 1. The first-order valence-electron chi connectivity index (χ1n) is 5.61. The summed E-state index contributed by atoms with van der Waals surface area (Å²) in [6, 6.07) is 3.34. The van der Waals surface area contributed by atoms with Crippen molar-refractivity contribution >= 4 is 17.1 Å². The van der Waals surface area contributed by atoms with E-state index in [-0.39, 0.29) is 17.9 Å². The quantitative estimate of drug-likeness (QED) is 0.796. The highest BCUT2D eigenvalue weighted by Crippen LogP contribution is 2.21. The summed E-state index contributed by atoms with van der Waals surface area (Å²) < 4.78 is 1.20. The fourth-order valence-corrected chi connectivity index (χ4v) is 2.71. The first kappa shape index (κ1) is 12.7. The minimum absolute atomic E-state index is 0.00384. The molecule has 5 heteroatoms. The molecular formula is C13H14N2O2S. The summed E-state index contributed by atoms with van der Waals surface area (Å²) in [6.07, 6.45) is 1.58. The number of carbonyl (C=O) groups excluding carboxylic acids is 1. The van der Waals surface area contributed by atoms with Gasteiger partial charge < -0.3 is 0 Å². The topological polar surface area (TPSA) is 52.0 Å². The third-order valence-electron chi connectivity index (χ3n) is 2.64. The maximum absolute atomic E-state index is 12.1. The number of aromatic nitrogens is 2. The Labute approximate surface area is 109 Å². The summed E-state index contributed by atoms with van der Waals surface area (Å²) in [5, 5.41) is 3.97. The maximum atomic E-state index is 12.1. The van der Waals surface area contributed by atoms with Crippen molar-refractivity contribution in [3.8, 4) is 0 Å². The molecule has 0 radical (unpaired) electrons. The second-order valence-corrected chi connectivity index (χ2v) is 5.74. The number of rotatable bonds is 3. The van der Waals surface area contributed by atoms with Crippen LogP contribution in [0.3, 0.4) is 0 Å². The first-order chi connectivity index (χ1) is 8.47. The zero-order valence-electron chi connectivity index (χ0n) is 10.6. The summed E-state index contributed by atoms with van der Waals surface area (Å²) >= 11 is 1.59. The Hall–Kier alpha value is -1.75. The molecule has 0 aliphatic heterocycles. The number of hydrogen-bond acceptors (Lipinski definition) is 4. The van der Waals surface area contributed by atoms with Crippen LogP contribution in [-0.2, 0) is 6.54 Å². The van der Waals surface area contributed by atoms with E-state index in [0.29, 0.717) is 5.56 Å². The van der Waals surface area contributed by atoms with Crippen molar-refractivity contribution in [3.63, 3.8) is 0 Å². The van der Waals surface area contributed by atoms with E-state index in [9.17, 15) is 9.59 Å². The van der Waals surface area contributed by atoms with Gasteiger partial charge in [0.15, 0.2) is 5.78 Å². The van der Waals surface area contributed by atoms with E-state index in [2.05, 4.69) is 5.10 Å². The highest BCUT2D eigenvalue weighted by molar-refractivity contribution is 7.12. The lowest BCUT2D eigenvalue weighted by atomic mass is 10.1. The minimum atomic E-state index is -0.243. The molecule has 0 bridgehead atoms. The second kappa shape index (κ2) is 4.86. The molecule has 2 heterocycles. The molecule has 2 rings (SSSR count). The average Bonchev–Trinajstić information content (AvgIpc) is 2.62. The van der Waals surface area contributed by atoms with E-state index in [1.54, 1.807) is 24.5 Å². The van der Waals surface area contributed by atoms with E-state index in [1.807, 2.05) is 19.9 Å². The highest BCUT2D eigenvalue weighted by atomic mass is 32.1. The van der Waals surface area contributed by atoms with Crippen LogP contribution in [0.4, 0.5) is 0 Å². The molecule has 0 aromatic carbocycles. The summed E-state index contributed by atoms with van der Waals surface area (Å²) in [6.45, 7) is 5.67. The smallest absolute Gasteiger partial charge is 0.267 e. The SMILES string of the molecule is Cc1cnn(CC(=O)c2cc(C)sc2C)c(=O)c1. The van der Waals surface area contributed by atoms with Gasteiger partial charge in [0.05, 0.1) is 6.20 Å². The summed E-state index contributed by atoms with van der Waals surface area (Å²) in [4.78, 5) is 25.8. The van der Waals surface area contributed by atoms with E-state index >= 15 is 0 Å². The Morgan fingerprint density at radius 1 is 1.33 bits per heavy atom. The van der Waals surface area contributed by atoms with Crippen molar-refractivity contribution in [1.29, 1.82) is 0 Å². The van der Waals surface area contributed by atoms with Crippen molar-refractivity contribution in [2.45, 2.75) is 27.3 Å². The van der Waals surface area contributed by atoms with Gasteiger partial charge in [0.25, 0.3) is 5.56 Å². The number of hydrogen-bond donors (Lipinski definition) is 0. The van der Waals surface area contributed by atoms with Gasteiger partial charge in [-0.1, -0.05) is 0 Å². The largest absolute Gasteiger partial charge is 0.292 e. The first-order valence-corrected chi connectivity index (χ1v) is 6.43. The molecule has 0 saturated carbocycles. The van der Waals surface area contributed by atoms with Crippen molar-refractivity contribution in [2.24, 2.45) is 0 Å². The lowest BCUT2D eigenvalue weighted by molar-refractivity contribution is 0.0965. The van der Waals surface area contributed by atoms with Gasteiger partial charge in [-0.3, -0.25) is 9.59 Å². The minimum Gasteiger partial charge on any atom is -0.292 e. The molecule has 0 aliphatic carbocycles. The van der Waals surface area contributed by atoms with Crippen LogP contribution in [0.15, 0.2) is 23.1 Å². The molecule has 0 fully saturated rings. The zero-order chi connectivity index (χ0) is 13.3. The van der Waals surface area contributed by atoms with E-state index in [4.69, 9.17) is 0 Å². The van der Waals surface area contributed by atoms with Gasteiger partial charge >= 0.3 is 0 Å². The highest BCUT2D eigenvalue weighted by Gasteiger charge is 2.13. The predicted octanol–water partition coefficient (Wildman–Crippen LogP) is 2.11. The number of carbonyl (C=O) groups is 1. The van der Waals surface area contributed by atoms with Crippen LogP contribution in [-0.4, -0.2) is 15.6 Å². The normalized spacial score (nSPS) is 10.6. The lowest BCUT2D eigenvalue weighted by Gasteiger charge is -2.03. The predicted molar refractivity (Wildman–Crippen MR) is 71.4 cm³/mol. The van der Waals surface area contributed by atoms with Gasteiger partial charge in [-0.15, -0.1) is 11.3 Å². The Bertz CT molecular complexity index is 655. The fourth-order valence-electron chi connectivity index (χ4n) is 1.77. The average molecular weight is 262 g/mol. The van der Waals surface area contributed by atoms with E-state index in [0.717, 1.165) is 15.3 Å². The van der Waals surface area contributed by atoms with Gasteiger partial charge in [0, 0.05) is 21.4 Å². The molecule has 0 spiro atoms. The Morgan fingerprint density at radius 3 is 2.61 bits per heavy atom. The van der Waals surface area contributed by atoms with Crippen LogP contribution in [0.5, 0.6) is 0 Å². The monoisotopic (exact) mass is 262 g/mol. The number of Topliss-reactive ketones (excluding diaryl/α,β-unsaturated/α-hetero) is 1. The molecule has 0 saturated heterocycles. The summed E-state index contributed by atoms with van der Waals surface area (Å²) in [5.74, 6) is -0.0738. The molecule has 0 atom stereocenters. The van der Waals surface area contributed by atoms with Crippen molar-refractivity contribution in [3.05, 3.63) is 49.6 Å². The number of thiophene rings is 1. The van der Waals surface area contributed by atoms with Crippen LogP contribution in [0.25, 0.3) is 0 Å². The van der Waals surface area contributed by atoms with Crippen LogP contribution in [0, 0.1) is 20.8 Å². The molecule has 94 valence electrons. The summed E-state index contributed by atoms with van der Waals surface area (Å²) in [7, 11) is 0. The van der Waals surface area contributed by atoms with Gasteiger partial charge in [0.1, 0.15) is 6.54 Å². The van der Waals surface area contributed by atoms with Crippen molar-refractivity contribution < 1.29 is 4.79 Å². The van der Waals surface area contributed by atoms with E-state index in [1.165, 1.54) is 10.7 Å². The molecular weight excluding hydrogens is 248 g/mol. The standard InChI is InChI=1S/C13H14N2O2S/c1-8-4-13(17)15(14-6-8)7-12(16)11-5-9(2)18-10(11)3/h4-6H,7H2,1-3H3. The van der Waals surface area contributed by atoms with E-state index < -0.39 is 0 Å². The molecule has 2 aromatic heterocycles.